The second-order valence-corrected chi connectivity index (χ2v) is 6.34. The van der Waals surface area contributed by atoms with E-state index in [1.165, 1.54) is 5.56 Å². The zero-order valence-electron chi connectivity index (χ0n) is 12.8. The molecule has 2 fully saturated rings. The van der Waals surface area contributed by atoms with Crippen LogP contribution in [0, 0.1) is 11.8 Å². The van der Waals surface area contributed by atoms with Gasteiger partial charge < -0.3 is 10.1 Å². The summed E-state index contributed by atoms with van der Waals surface area (Å²) in [4.78, 5) is 12.3. The summed E-state index contributed by atoms with van der Waals surface area (Å²) >= 11 is 0. The number of rotatable bonds is 5. The van der Waals surface area contributed by atoms with Gasteiger partial charge in [0.2, 0.25) is 5.91 Å². The molecule has 6 heteroatoms. The van der Waals surface area contributed by atoms with E-state index in [1.807, 2.05) is 6.07 Å². The third-order valence-electron chi connectivity index (χ3n) is 4.95. The number of hydrogen-bond acceptors (Lipinski definition) is 4. The Labute approximate surface area is 134 Å². The van der Waals surface area contributed by atoms with Crippen molar-refractivity contribution >= 4 is 5.91 Å². The Morgan fingerprint density at radius 3 is 3.00 bits per heavy atom. The van der Waals surface area contributed by atoms with Gasteiger partial charge in [-0.05, 0) is 18.4 Å². The van der Waals surface area contributed by atoms with Gasteiger partial charge in [-0.1, -0.05) is 35.5 Å². The van der Waals surface area contributed by atoms with E-state index >= 15 is 0 Å². The summed E-state index contributed by atoms with van der Waals surface area (Å²) in [5.41, 5.74) is 1.29. The molecule has 0 bridgehead atoms. The third-order valence-corrected chi connectivity index (χ3v) is 4.95. The average molecular weight is 312 g/mol. The van der Waals surface area contributed by atoms with Crippen molar-refractivity contribution in [2.45, 2.75) is 31.5 Å². The highest BCUT2D eigenvalue weighted by Gasteiger charge is 2.53. The smallest absolute Gasteiger partial charge is 0.242 e. The lowest BCUT2D eigenvalue weighted by molar-refractivity contribution is -0.128. The van der Waals surface area contributed by atoms with Crippen LogP contribution in [0.15, 0.2) is 42.7 Å². The number of carbonyl (C=O) groups excluding carboxylic acids is 1. The van der Waals surface area contributed by atoms with Crippen LogP contribution < -0.4 is 5.32 Å². The molecule has 4 rings (SSSR count). The molecule has 23 heavy (non-hydrogen) atoms. The molecule has 1 aliphatic carbocycles. The molecule has 1 saturated carbocycles. The normalized spacial score (nSPS) is 28.9. The van der Waals surface area contributed by atoms with Gasteiger partial charge in [-0.3, -0.25) is 4.79 Å². The van der Waals surface area contributed by atoms with Crippen LogP contribution >= 0.6 is 0 Å². The predicted molar refractivity (Wildman–Crippen MR) is 83.4 cm³/mol. The Kier molecular flexibility index (Phi) is 3.83. The number of aromatic nitrogens is 3. The van der Waals surface area contributed by atoms with Gasteiger partial charge in [0.15, 0.2) is 0 Å². The zero-order chi connectivity index (χ0) is 15.6. The van der Waals surface area contributed by atoms with Gasteiger partial charge in [-0.25, -0.2) is 4.68 Å². The van der Waals surface area contributed by atoms with Crippen molar-refractivity contribution in [3.05, 3.63) is 48.3 Å². The molecule has 1 saturated heterocycles. The summed E-state index contributed by atoms with van der Waals surface area (Å²) in [5, 5.41) is 10.8. The van der Waals surface area contributed by atoms with Crippen molar-refractivity contribution in [3.8, 4) is 0 Å². The van der Waals surface area contributed by atoms with Gasteiger partial charge in [-0.15, -0.1) is 5.10 Å². The summed E-state index contributed by atoms with van der Waals surface area (Å²) in [6.45, 7) is 1.02. The maximum Gasteiger partial charge on any atom is 0.242 e. The molecule has 120 valence electrons. The standard InChI is InChI=1S/C17H20N4O2/c22-15(11-21-8-7-18-20-21)19-16-13-6-9-23-17(13)14(16)10-12-4-2-1-3-5-12/h1-5,7-8,13-14,16-17H,6,9-11H2,(H,19,22)/t13-,14+,16-,17-/m0/s1. The Morgan fingerprint density at radius 1 is 1.35 bits per heavy atom. The van der Waals surface area contributed by atoms with Crippen molar-refractivity contribution in [2.24, 2.45) is 11.8 Å². The van der Waals surface area contributed by atoms with Crippen molar-refractivity contribution in [2.75, 3.05) is 6.61 Å². The minimum atomic E-state index is -0.0103. The fourth-order valence-corrected chi connectivity index (χ4v) is 3.87. The van der Waals surface area contributed by atoms with Crippen LogP contribution in [0.1, 0.15) is 12.0 Å². The summed E-state index contributed by atoms with van der Waals surface area (Å²) in [6.07, 6.45) is 5.53. The van der Waals surface area contributed by atoms with Gasteiger partial charge in [-0.2, -0.15) is 0 Å². The van der Waals surface area contributed by atoms with E-state index in [9.17, 15) is 4.79 Å². The number of benzene rings is 1. The van der Waals surface area contributed by atoms with Crippen LogP contribution in [-0.2, 0) is 22.5 Å². The van der Waals surface area contributed by atoms with Gasteiger partial charge in [0.25, 0.3) is 0 Å². The second-order valence-electron chi connectivity index (χ2n) is 6.34. The van der Waals surface area contributed by atoms with Crippen molar-refractivity contribution in [1.82, 2.24) is 20.3 Å². The summed E-state index contributed by atoms with van der Waals surface area (Å²) in [6, 6.07) is 10.6. The predicted octanol–water partition coefficient (Wildman–Crippen LogP) is 1.04. The molecule has 0 spiro atoms. The van der Waals surface area contributed by atoms with E-state index in [1.54, 1.807) is 17.1 Å². The molecule has 0 unspecified atom stereocenters. The first kappa shape index (κ1) is 14.4. The van der Waals surface area contributed by atoms with E-state index in [4.69, 9.17) is 4.74 Å². The van der Waals surface area contributed by atoms with E-state index in [0.717, 1.165) is 19.4 Å². The van der Waals surface area contributed by atoms with Gasteiger partial charge in [0, 0.05) is 30.7 Å². The fraction of sp³-hybridized carbons (Fsp3) is 0.471. The highest BCUT2D eigenvalue weighted by Crippen LogP contribution is 2.45. The van der Waals surface area contributed by atoms with Gasteiger partial charge >= 0.3 is 0 Å². The number of hydrogen-bond donors (Lipinski definition) is 1. The van der Waals surface area contributed by atoms with Crippen LogP contribution in [0.4, 0.5) is 0 Å². The Morgan fingerprint density at radius 2 is 2.22 bits per heavy atom. The summed E-state index contributed by atoms with van der Waals surface area (Å²) in [5.74, 6) is 0.789. The highest BCUT2D eigenvalue weighted by molar-refractivity contribution is 5.76. The quantitative estimate of drug-likeness (QED) is 0.896. The number of carbonyl (C=O) groups is 1. The van der Waals surface area contributed by atoms with Crippen LogP contribution in [0.2, 0.25) is 0 Å². The largest absolute Gasteiger partial charge is 0.377 e. The van der Waals surface area contributed by atoms with E-state index in [-0.39, 0.29) is 24.6 Å². The number of fused-ring (bicyclic) bond motifs is 1. The molecule has 2 aromatic rings. The third kappa shape index (κ3) is 2.86. The molecule has 1 N–H and O–H groups in total. The molecule has 1 aromatic heterocycles. The number of ether oxygens (including phenoxy) is 1. The van der Waals surface area contributed by atoms with Crippen molar-refractivity contribution < 1.29 is 9.53 Å². The van der Waals surface area contributed by atoms with Crippen LogP contribution in [-0.4, -0.2) is 39.7 Å². The second kappa shape index (κ2) is 6.12. The molecular weight excluding hydrogens is 292 g/mol. The van der Waals surface area contributed by atoms with Crippen LogP contribution in [0.5, 0.6) is 0 Å². The topological polar surface area (TPSA) is 69.0 Å². The zero-order valence-corrected chi connectivity index (χ0v) is 12.8. The Balaban J connectivity index is 1.42. The number of nitrogens with zero attached hydrogens (tertiary/aromatic N) is 3. The van der Waals surface area contributed by atoms with Gasteiger partial charge in [0.05, 0.1) is 12.3 Å². The molecule has 2 aliphatic rings. The first-order valence-electron chi connectivity index (χ1n) is 8.10. The van der Waals surface area contributed by atoms with E-state index in [0.29, 0.717) is 11.8 Å². The molecular formula is C17H20N4O2. The van der Waals surface area contributed by atoms with Crippen LogP contribution in [0.3, 0.4) is 0 Å². The Bertz CT molecular complexity index is 658. The molecule has 0 radical (unpaired) electrons. The van der Waals surface area contributed by atoms with E-state index < -0.39 is 0 Å². The number of nitrogens with one attached hydrogen (secondary N) is 1. The maximum atomic E-state index is 12.3. The fourth-order valence-electron chi connectivity index (χ4n) is 3.87. The molecule has 2 heterocycles. The van der Waals surface area contributed by atoms with Gasteiger partial charge in [0.1, 0.15) is 6.54 Å². The maximum absolute atomic E-state index is 12.3. The Hall–Kier alpha value is -2.21. The molecule has 4 atom stereocenters. The average Bonchev–Trinajstić information content (AvgIpc) is 3.21. The highest BCUT2D eigenvalue weighted by atomic mass is 16.5. The SMILES string of the molecule is O=C(Cn1ccnn1)N[C@@H]1[C@@H](Cc2ccccc2)[C@H]2OCC[C@@H]12. The first-order valence-corrected chi connectivity index (χ1v) is 8.10. The van der Waals surface area contributed by atoms with Crippen molar-refractivity contribution in [1.29, 1.82) is 0 Å². The summed E-state index contributed by atoms with van der Waals surface area (Å²) in [7, 11) is 0. The van der Waals surface area contributed by atoms with Crippen molar-refractivity contribution in [3.63, 3.8) is 0 Å². The molecule has 6 nitrogen and oxygen atoms in total. The lowest BCUT2D eigenvalue weighted by Gasteiger charge is -2.48. The molecule has 1 aromatic carbocycles. The van der Waals surface area contributed by atoms with Crippen LogP contribution in [0.25, 0.3) is 0 Å². The minimum Gasteiger partial charge on any atom is -0.377 e. The summed E-state index contributed by atoms with van der Waals surface area (Å²) < 4.78 is 7.42. The lowest BCUT2D eigenvalue weighted by atomic mass is 9.64. The monoisotopic (exact) mass is 312 g/mol. The molecule has 1 amide bonds. The lowest BCUT2D eigenvalue weighted by Crippen LogP contribution is -2.62. The molecule has 1 aliphatic heterocycles. The first-order chi connectivity index (χ1) is 11.3. The number of amides is 1. The van der Waals surface area contributed by atoms with E-state index in [2.05, 4.69) is 39.9 Å². The minimum absolute atomic E-state index is 0.0103.